The molecule has 0 radical (unpaired) electrons. The number of phosphoric acid groups is 1. The van der Waals surface area contributed by atoms with E-state index in [1.807, 2.05) is 0 Å². The molecule has 0 spiro atoms. The molecule has 0 aliphatic rings. The maximum Gasteiger partial charge on any atom is 1.00 e. The van der Waals surface area contributed by atoms with Gasteiger partial charge in [0.2, 0.25) is 0 Å². The summed E-state index contributed by atoms with van der Waals surface area (Å²) in [5.74, 6) is 0. The Morgan fingerprint density at radius 3 is 0.897 bits per heavy atom. The molecule has 0 saturated heterocycles. The summed E-state index contributed by atoms with van der Waals surface area (Å²) in [5, 5.41) is 0. The summed E-state index contributed by atoms with van der Waals surface area (Å²) in [4.78, 5) is 25.6. The van der Waals surface area contributed by atoms with Crippen LogP contribution in [-0.4, -0.2) is 0 Å². The van der Waals surface area contributed by atoms with Gasteiger partial charge < -0.3 is 26.2 Å². The van der Waals surface area contributed by atoms with Gasteiger partial charge in [0.25, 0.3) is 0 Å². The van der Waals surface area contributed by atoms with Gasteiger partial charge in [-0.1, -0.05) is 116 Å². The fraction of sp³-hybridized carbons (Fsp3) is 0.950. The first-order valence-corrected chi connectivity index (χ1v) is 11.9. The minimum absolute atomic E-state index is 0. The summed E-state index contributed by atoms with van der Waals surface area (Å²) in [5.41, 5.74) is 0. The standard InChI is InChI=1S/C20H41.K.3Li.H3O4P/c1-3-5-7-9-11-13-15-17-19-20-18-16-14-12-10-8-6-4-2;;;;;1-5(2,3)4/h1,3-20H2,2H3;;;;;(H3,1,2,3,4)/q-1;4*+1;/p-3. The van der Waals surface area contributed by atoms with Crippen molar-refractivity contribution in [3.63, 3.8) is 0 Å². The van der Waals surface area contributed by atoms with E-state index in [1.165, 1.54) is 109 Å². The van der Waals surface area contributed by atoms with Gasteiger partial charge in [-0.3, -0.25) is 0 Å². The molecule has 0 aromatic rings. The first-order valence-electron chi connectivity index (χ1n) is 10.4. The van der Waals surface area contributed by atoms with Crippen LogP contribution in [0.4, 0.5) is 0 Å². The van der Waals surface area contributed by atoms with Gasteiger partial charge in [0.05, 0.1) is 0 Å². The molecule has 0 bridgehead atoms. The van der Waals surface area contributed by atoms with Crippen molar-refractivity contribution in [2.24, 2.45) is 0 Å². The molecule has 0 heterocycles. The zero-order chi connectivity index (χ0) is 19.2. The second-order valence-electron chi connectivity index (χ2n) is 6.96. The Kier molecular flexibility index (Phi) is 61.5. The summed E-state index contributed by atoms with van der Waals surface area (Å²) in [6.45, 7) is 6.19. The molecular weight excluding hydrogens is 395 g/mol. The second-order valence-corrected chi connectivity index (χ2v) is 7.85. The topological polar surface area (TPSA) is 86.2 Å². The van der Waals surface area contributed by atoms with Crippen molar-refractivity contribution in [1.82, 2.24) is 0 Å². The molecule has 0 unspecified atom stereocenters. The average Bonchev–Trinajstić information content (AvgIpc) is 2.53. The van der Waals surface area contributed by atoms with Gasteiger partial charge in [0.1, 0.15) is 0 Å². The fourth-order valence-electron chi connectivity index (χ4n) is 2.90. The van der Waals surface area contributed by atoms with Gasteiger partial charge >= 0.3 is 108 Å². The van der Waals surface area contributed by atoms with Gasteiger partial charge in [-0.25, -0.2) is 0 Å². The third-order valence-electron chi connectivity index (χ3n) is 4.35. The molecule has 29 heavy (non-hydrogen) atoms. The van der Waals surface area contributed by atoms with Crippen molar-refractivity contribution in [1.29, 1.82) is 0 Å². The number of hydrogen-bond donors (Lipinski definition) is 0. The predicted octanol–water partition coefficient (Wildman–Crippen LogP) is -6.95. The largest absolute Gasteiger partial charge is 1.00 e. The molecule has 154 valence electrons. The minimum Gasteiger partial charge on any atom is -0.822 e. The first-order chi connectivity index (χ1) is 11.9. The SMILES string of the molecule is O=P([O-])([O-])[O-].[CH2-]CCCCCCCCCCCCCCCCCCC.[K+].[Li+].[Li+].[Li+]. The smallest absolute Gasteiger partial charge is 0.822 e. The second kappa shape index (κ2) is 38.8. The van der Waals surface area contributed by atoms with Crippen molar-refractivity contribution in [3.05, 3.63) is 6.92 Å². The zero-order valence-corrected chi connectivity index (χ0v) is 24.5. The maximum atomic E-state index is 8.55. The molecule has 0 fully saturated rings. The fourth-order valence-corrected chi connectivity index (χ4v) is 2.90. The molecule has 0 aromatic heterocycles. The van der Waals surface area contributed by atoms with E-state index in [-0.39, 0.29) is 108 Å². The van der Waals surface area contributed by atoms with Crippen LogP contribution in [0.3, 0.4) is 0 Å². The average molecular weight is 436 g/mol. The predicted molar refractivity (Wildman–Crippen MR) is 102 cm³/mol. The Bertz CT molecular complexity index is 273. The van der Waals surface area contributed by atoms with Crippen molar-refractivity contribution in [2.75, 3.05) is 0 Å². The van der Waals surface area contributed by atoms with Crippen LogP contribution in [0.5, 0.6) is 0 Å². The summed E-state index contributed by atoms with van der Waals surface area (Å²) < 4.78 is 8.55. The van der Waals surface area contributed by atoms with Crippen LogP contribution < -0.4 is 123 Å². The van der Waals surface area contributed by atoms with E-state index in [0.717, 1.165) is 6.42 Å². The van der Waals surface area contributed by atoms with Gasteiger partial charge in [0, 0.05) is 0 Å². The van der Waals surface area contributed by atoms with Crippen molar-refractivity contribution >= 4 is 7.82 Å². The van der Waals surface area contributed by atoms with Crippen molar-refractivity contribution in [3.8, 4) is 0 Å². The molecule has 0 aromatic carbocycles. The number of hydrogen-bond acceptors (Lipinski definition) is 4. The Hall–Kier alpha value is 3.54. The monoisotopic (exact) mass is 436 g/mol. The maximum absolute atomic E-state index is 8.55. The summed E-state index contributed by atoms with van der Waals surface area (Å²) in [6.07, 6.45) is 25.8. The van der Waals surface area contributed by atoms with E-state index in [9.17, 15) is 0 Å². The van der Waals surface area contributed by atoms with E-state index < -0.39 is 7.82 Å². The van der Waals surface area contributed by atoms with Gasteiger partial charge in [-0.05, 0) is 0 Å². The molecular formula is C20H41KLi3O4P. The quantitative estimate of drug-likeness (QED) is 0.0982. The van der Waals surface area contributed by atoms with Gasteiger partial charge in [-0.2, -0.15) is 14.2 Å². The summed E-state index contributed by atoms with van der Waals surface area (Å²) >= 11 is 0. The Morgan fingerprint density at radius 1 is 0.552 bits per heavy atom. The van der Waals surface area contributed by atoms with Crippen LogP contribution in [0.25, 0.3) is 0 Å². The van der Waals surface area contributed by atoms with Crippen LogP contribution in [0.15, 0.2) is 0 Å². The molecule has 0 amide bonds. The molecule has 0 rings (SSSR count). The van der Waals surface area contributed by atoms with E-state index >= 15 is 0 Å². The van der Waals surface area contributed by atoms with E-state index in [2.05, 4.69) is 13.8 Å². The van der Waals surface area contributed by atoms with E-state index in [1.54, 1.807) is 0 Å². The molecule has 0 saturated carbocycles. The van der Waals surface area contributed by atoms with Crippen LogP contribution >= 0.6 is 7.82 Å². The molecule has 0 aliphatic heterocycles. The van der Waals surface area contributed by atoms with Crippen LogP contribution in [0.2, 0.25) is 0 Å². The van der Waals surface area contributed by atoms with Crippen molar-refractivity contribution < 1.29 is 127 Å². The van der Waals surface area contributed by atoms with Crippen LogP contribution in [0.1, 0.15) is 122 Å². The Morgan fingerprint density at radius 2 is 0.724 bits per heavy atom. The molecule has 0 aliphatic carbocycles. The van der Waals surface area contributed by atoms with Gasteiger partial charge in [-0.15, -0.1) is 0 Å². The third kappa shape index (κ3) is 65.2. The van der Waals surface area contributed by atoms with Crippen molar-refractivity contribution in [2.45, 2.75) is 122 Å². The first kappa shape index (κ1) is 46.0. The Balaban J connectivity index is -0.000000131. The molecule has 4 nitrogen and oxygen atoms in total. The van der Waals surface area contributed by atoms with Gasteiger partial charge in [0.15, 0.2) is 0 Å². The zero-order valence-electron chi connectivity index (χ0n) is 20.5. The van der Waals surface area contributed by atoms with E-state index in [4.69, 9.17) is 19.2 Å². The molecule has 9 heteroatoms. The van der Waals surface area contributed by atoms with E-state index in [0.29, 0.717) is 0 Å². The number of unbranched alkanes of at least 4 members (excludes halogenated alkanes) is 17. The Labute approximate surface area is 260 Å². The van der Waals surface area contributed by atoms with Crippen LogP contribution in [-0.2, 0) is 4.57 Å². The summed E-state index contributed by atoms with van der Waals surface area (Å²) in [7, 11) is -5.39. The normalized spacial score (nSPS) is 9.69. The molecule has 0 N–H and O–H groups in total. The minimum atomic E-state index is -5.39. The third-order valence-corrected chi connectivity index (χ3v) is 4.35. The number of rotatable bonds is 17. The molecule has 0 atom stereocenters. The van der Waals surface area contributed by atoms with Crippen LogP contribution in [0, 0.1) is 6.92 Å². The summed E-state index contributed by atoms with van der Waals surface area (Å²) in [6, 6.07) is 0.